The summed E-state index contributed by atoms with van der Waals surface area (Å²) in [6.45, 7) is 0. The minimum atomic E-state index is -3.96. The Labute approximate surface area is 190 Å². The van der Waals surface area contributed by atoms with E-state index < -0.39 is 10.0 Å². The number of nitrogens with zero attached hydrogens (tertiary/aromatic N) is 4. The van der Waals surface area contributed by atoms with Gasteiger partial charge in [0, 0.05) is 31.1 Å². The van der Waals surface area contributed by atoms with E-state index in [1.54, 1.807) is 37.4 Å². The second kappa shape index (κ2) is 8.82. The molecule has 33 heavy (non-hydrogen) atoms. The Bertz CT molecular complexity index is 1390. The zero-order chi connectivity index (χ0) is 23.6. The van der Waals surface area contributed by atoms with Gasteiger partial charge >= 0.3 is 0 Å². The van der Waals surface area contributed by atoms with Crippen molar-refractivity contribution in [3.05, 3.63) is 48.8 Å². The minimum Gasteiger partial charge on any atom is -0.493 e. The summed E-state index contributed by atoms with van der Waals surface area (Å²) in [5.41, 5.74) is 1.63. The molecule has 11 nitrogen and oxygen atoms in total. The normalized spacial score (nSPS) is 11.3. The Hall–Kier alpha value is -4.06. The van der Waals surface area contributed by atoms with Crippen LogP contribution >= 0.6 is 0 Å². The third-order valence-corrected chi connectivity index (χ3v) is 6.01. The first-order valence-electron chi connectivity index (χ1n) is 9.70. The van der Waals surface area contributed by atoms with Crippen molar-refractivity contribution in [1.82, 2.24) is 19.7 Å². The van der Waals surface area contributed by atoms with Crippen LogP contribution in [0.1, 0.15) is 0 Å². The SMILES string of the molecule is COc1cc(Nc2nc3ccccc3nc2NS(=O)(=O)c2cnn(C)c2)cc(OC)c1OC. The monoisotopic (exact) mass is 470 g/mol. The Balaban J connectivity index is 1.80. The van der Waals surface area contributed by atoms with Crippen LogP contribution in [-0.2, 0) is 17.1 Å². The van der Waals surface area contributed by atoms with Crippen molar-refractivity contribution in [2.24, 2.45) is 7.05 Å². The number of benzene rings is 2. The Morgan fingerprint density at radius 2 is 1.52 bits per heavy atom. The van der Waals surface area contributed by atoms with Gasteiger partial charge in [-0.15, -0.1) is 0 Å². The average molecular weight is 471 g/mol. The van der Waals surface area contributed by atoms with Crippen molar-refractivity contribution in [3.8, 4) is 17.2 Å². The van der Waals surface area contributed by atoms with Crippen molar-refractivity contribution in [3.63, 3.8) is 0 Å². The molecule has 2 aromatic carbocycles. The molecule has 0 saturated carbocycles. The zero-order valence-electron chi connectivity index (χ0n) is 18.4. The minimum absolute atomic E-state index is 0.00121. The highest BCUT2D eigenvalue weighted by molar-refractivity contribution is 7.92. The van der Waals surface area contributed by atoms with E-state index in [4.69, 9.17) is 14.2 Å². The molecule has 0 spiro atoms. The number of hydrogen-bond donors (Lipinski definition) is 2. The molecule has 0 aliphatic heterocycles. The topological polar surface area (TPSA) is 129 Å². The third-order valence-electron chi connectivity index (χ3n) is 4.72. The van der Waals surface area contributed by atoms with Crippen molar-refractivity contribution < 1.29 is 22.6 Å². The zero-order valence-corrected chi connectivity index (χ0v) is 19.2. The van der Waals surface area contributed by atoms with Crippen molar-refractivity contribution in [1.29, 1.82) is 0 Å². The van der Waals surface area contributed by atoms with E-state index in [0.717, 1.165) is 0 Å². The number of methoxy groups -OCH3 is 3. The van der Waals surface area contributed by atoms with Gasteiger partial charge in [0.2, 0.25) is 5.75 Å². The molecule has 2 aromatic heterocycles. The van der Waals surface area contributed by atoms with E-state index in [1.165, 1.54) is 38.4 Å². The summed E-state index contributed by atoms with van der Waals surface area (Å²) in [6, 6.07) is 10.5. The highest BCUT2D eigenvalue weighted by Gasteiger charge is 2.21. The fraction of sp³-hybridized carbons (Fsp3) is 0.190. The molecule has 0 unspecified atom stereocenters. The molecule has 0 amide bonds. The van der Waals surface area contributed by atoms with Gasteiger partial charge in [-0.05, 0) is 12.1 Å². The van der Waals surface area contributed by atoms with Crippen LogP contribution in [0, 0.1) is 0 Å². The average Bonchev–Trinajstić information content (AvgIpc) is 3.26. The predicted octanol–water partition coefficient (Wildman–Crippen LogP) is 2.93. The molecular formula is C21H22N6O5S. The van der Waals surface area contributed by atoms with Crippen LogP contribution in [-0.4, -0.2) is 49.5 Å². The number of ether oxygens (including phenoxy) is 3. The number of nitrogens with one attached hydrogen (secondary N) is 2. The van der Waals surface area contributed by atoms with E-state index >= 15 is 0 Å². The number of aryl methyl sites for hydroxylation is 1. The molecule has 0 aliphatic rings. The van der Waals surface area contributed by atoms with Crippen molar-refractivity contribution >= 4 is 38.4 Å². The quantitative estimate of drug-likeness (QED) is 0.399. The van der Waals surface area contributed by atoms with E-state index in [0.29, 0.717) is 34.0 Å². The lowest BCUT2D eigenvalue weighted by molar-refractivity contribution is 0.324. The molecule has 4 rings (SSSR count). The molecule has 2 N–H and O–H groups in total. The number of aromatic nitrogens is 4. The second-order valence-electron chi connectivity index (χ2n) is 6.90. The summed E-state index contributed by atoms with van der Waals surface area (Å²) in [7, 11) is 2.19. The molecular weight excluding hydrogens is 448 g/mol. The van der Waals surface area contributed by atoms with Crippen LogP contribution < -0.4 is 24.2 Å². The van der Waals surface area contributed by atoms with Gasteiger partial charge < -0.3 is 19.5 Å². The van der Waals surface area contributed by atoms with Crippen LogP contribution in [0.2, 0.25) is 0 Å². The van der Waals surface area contributed by atoms with Gasteiger partial charge in [-0.2, -0.15) is 5.10 Å². The number of anilines is 3. The Morgan fingerprint density at radius 3 is 2.03 bits per heavy atom. The lowest BCUT2D eigenvalue weighted by atomic mass is 10.2. The first-order chi connectivity index (χ1) is 15.8. The molecule has 12 heteroatoms. The summed E-state index contributed by atoms with van der Waals surface area (Å²) in [4.78, 5) is 9.05. The van der Waals surface area contributed by atoms with Crippen molar-refractivity contribution in [2.45, 2.75) is 4.90 Å². The summed E-state index contributed by atoms with van der Waals surface area (Å²) in [5.74, 6) is 1.48. The van der Waals surface area contributed by atoms with Crippen LogP contribution in [0.25, 0.3) is 11.0 Å². The fourth-order valence-electron chi connectivity index (χ4n) is 3.17. The van der Waals surface area contributed by atoms with Gasteiger partial charge in [-0.1, -0.05) is 12.1 Å². The van der Waals surface area contributed by atoms with Gasteiger partial charge in [-0.25, -0.2) is 18.4 Å². The van der Waals surface area contributed by atoms with E-state index in [9.17, 15) is 8.42 Å². The smallest absolute Gasteiger partial charge is 0.266 e. The first-order valence-corrected chi connectivity index (χ1v) is 11.2. The highest BCUT2D eigenvalue weighted by atomic mass is 32.2. The lowest BCUT2D eigenvalue weighted by Gasteiger charge is -2.16. The lowest BCUT2D eigenvalue weighted by Crippen LogP contribution is -2.15. The maximum absolute atomic E-state index is 12.9. The number of fused-ring (bicyclic) bond motifs is 1. The Kier molecular flexibility index (Phi) is 5.92. The molecule has 0 radical (unpaired) electrons. The maximum Gasteiger partial charge on any atom is 0.266 e. The standard InChI is InChI=1S/C21H22N6O5S/c1-27-12-14(11-22-27)33(28,29)26-21-20(24-15-7-5-6-8-16(15)25-21)23-13-9-17(30-2)19(32-4)18(10-13)31-3/h5-12H,1-4H3,(H,23,24)(H,25,26). The predicted molar refractivity (Wildman–Crippen MR) is 123 cm³/mol. The maximum atomic E-state index is 12.9. The van der Waals surface area contributed by atoms with E-state index in [1.807, 2.05) is 6.07 Å². The third kappa shape index (κ3) is 4.46. The van der Waals surface area contributed by atoms with Crippen LogP contribution in [0.5, 0.6) is 17.2 Å². The summed E-state index contributed by atoms with van der Waals surface area (Å²) in [6.07, 6.45) is 2.65. The molecule has 172 valence electrons. The van der Waals surface area contributed by atoms with Gasteiger partial charge in [-0.3, -0.25) is 9.40 Å². The van der Waals surface area contributed by atoms with Gasteiger partial charge in [0.05, 0.1) is 38.6 Å². The number of para-hydroxylation sites is 2. The number of sulfonamides is 1. The van der Waals surface area contributed by atoms with E-state index in [2.05, 4.69) is 25.1 Å². The van der Waals surface area contributed by atoms with Crippen LogP contribution in [0.3, 0.4) is 0 Å². The van der Waals surface area contributed by atoms with Crippen molar-refractivity contribution in [2.75, 3.05) is 31.4 Å². The second-order valence-corrected chi connectivity index (χ2v) is 8.59. The largest absolute Gasteiger partial charge is 0.493 e. The van der Waals surface area contributed by atoms with Gasteiger partial charge in [0.25, 0.3) is 10.0 Å². The molecule has 0 atom stereocenters. The summed E-state index contributed by atoms with van der Waals surface area (Å²) < 4.78 is 45.9. The van der Waals surface area contributed by atoms with E-state index in [-0.39, 0.29) is 16.5 Å². The molecule has 0 fully saturated rings. The van der Waals surface area contributed by atoms with Gasteiger partial charge in [0.1, 0.15) is 4.90 Å². The highest BCUT2D eigenvalue weighted by Crippen LogP contribution is 2.41. The fourth-order valence-corrected chi connectivity index (χ4v) is 4.16. The number of hydrogen-bond acceptors (Lipinski definition) is 9. The molecule has 2 heterocycles. The molecule has 0 bridgehead atoms. The summed E-state index contributed by atoms with van der Waals surface area (Å²) in [5, 5.41) is 7.03. The van der Waals surface area contributed by atoms with Crippen LogP contribution in [0.15, 0.2) is 53.7 Å². The number of rotatable bonds is 8. The Morgan fingerprint density at radius 1 is 0.909 bits per heavy atom. The summed E-state index contributed by atoms with van der Waals surface area (Å²) >= 11 is 0. The van der Waals surface area contributed by atoms with Crippen LogP contribution in [0.4, 0.5) is 17.3 Å². The molecule has 4 aromatic rings. The first kappa shape index (κ1) is 22.1. The van der Waals surface area contributed by atoms with Gasteiger partial charge in [0.15, 0.2) is 23.1 Å². The molecule has 0 saturated heterocycles. The molecule has 0 aliphatic carbocycles.